The summed E-state index contributed by atoms with van der Waals surface area (Å²) >= 11 is 0. The number of rotatable bonds is 3. The van der Waals surface area contributed by atoms with Gasteiger partial charge in [-0.25, -0.2) is 0 Å². The van der Waals surface area contributed by atoms with Gasteiger partial charge >= 0.3 is 0 Å². The number of ether oxygens (including phenoxy) is 1. The van der Waals surface area contributed by atoms with Gasteiger partial charge in [-0.15, -0.1) is 0 Å². The van der Waals surface area contributed by atoms with E-state index in [4.69, 9.17) is 10.5 Å². The number of likely N-dealkylation sites (tertiary alicyclic amines) is 1. The molecular weight excluding hydrogens is 262 g/mol. The normalized spacial score (nSPS) is 23.9. The smallest absolute Gasteiger partial charge is 0.0576 e. The predicted molar refractivity (Wildman–Crippen MR) is 87.5 cm³/mol. The SMILES string of the molecule is CC1(N2CCC(Nc3ccccc3N)CC2)CCOCC1. The fraction of sp³-hybridized carbons (Fsp3) is 0.647. The average Bonchev–Trinajstić information content (AvgIpc) is 2.51. The zero-order valence-electron chi connectivity index (χ0n) is 13.0. The molecule has 3 rings (SSSR count). The lowest BCUT2D eigenvalue weighted by Gasteiger charge is -2.47. The first kappa shape index (κ1) is 14.7. The molecule has 0 amide bonds. The van der Waals surface area contributed by atoms with Gasteiger partial charge in [0.25, 0.3) is 0 Å². The number of piperidine rings is 1. The summed E-state index contributed by atoms with van der Waals surface area (Å²) in [4.78, 5) is 2.67. The highest BCUT2D eigenvalue weighted by Crippen LogP contribution is 2.31. The lowest BCUT2D eigenvalue weighted by Crippen LogP contribution is -2.54. The van der Waals surface area contributed by atoms with E-state index in [9.17, 15) is 0 Å². The Morgan fingerprint density at radius 1 is 1.19 bits per heavy atom. The molecule has 2 aliphatic heterocycles. The molecule has 0 radical (unpaired) electrons. The Morgan fingerprint density at radius 3 is 2.52 bits per heavy atom. The van der Waals surface area contributed by atoms with Gasteiger partial charge in [-0.2, -0.15) is 0 Å². The van der Waals surface area contributed by atoms with Crippen molar-refractivity contribution in [2.24, 2.45) is 0 Å². The summed E-state index contributed by atoms with van der Waals surface area (Å²) in [6.07, 6.45) is 4.70. The zero-order chi connectivity index (χ0) is 14.7. The van der Waals surface area contributed by atoms with E-state index >= 15 is 0 Å². The van der Waals surface area contributed by atoms with E-state index in [0.717, 1.165) is 37.4 Å². The van der Waals surface area contributed by atoms with Crippen LogP contribution in [-0.4, -0.2) is 42.8 Å². The lowest BCUT2D eigenvalue weighted by molar-refractivity contribution is -0.0273. The summed E-state index contributed by atoms with van der Waals surface area (Å²) in [5.74, 6) is 0. The summed E-state index contributed by atoms with van der Waals surface area (Å²) in [5.41, 5.74) is 8.28. The molecule has 2 saturated heterocycles. The van der Waals surface area contributed by atoms with Crippen LogP contribution < -0.4 is 11.1 Å². The average molecular weight is 289 g/mol. The Hall–Kier alpha value is -1.26. The van der Waals surface area contributed by atoms with Crippen molar-refractivity contribution >= 4 is 11.4 Å². The van der Waals surface area contributed by atoms with Crippen LogP contribution in [-0.2, 0) is 4.74 Å². The van der Waals surface area contributed by atoms with Crippen molar-refractivity contribution < 1.29 is 4.74 Å². The van der Waals surface area contributed by atoms with E-state index in [1.165, 1.54) is 25.9 Å². The number of nitrogens with two attached hydrogens (primary N) is 1. The third-order valence-corrected chi connectivity index (χ3v) is 5.15. The first-order valence-electron chi connectivity index (χ1n) is 8.11. The maximum absolute atomic E-state index is 6.02. The maximum atomic E-state index is 6.02. The number of para-hydroxylation sites is 2. The molecule has 2 aliphatic rings. The Morgan fingerprint density at radius 2 is 1.86 bits per heavy atom. The molecule has 1 aromatic carbocycles. The number of hydrogen-bond donors (Lipinski definition) is 2. The molecule has 0 saturated carbocycles. The van der Waals surface area contributed by atoms with E-state index in [1.807, 2.05) is 18.2 Å². The standard InChI is InChI=1S/C17H27N3O/c1-17(8-12-21-13-9-17)20-10-6-14(7-11-20)19-16-5-3-2-4-15(16)18/h2-5,14,19H,6-13,18H2,1H3. The van der Waals surface area contributed by atoms with Crippen LogP contribution in [0.2, 0.25) is 0 Å². The Labute approximate surface area is 127 Å². The summed E-state index contributed by atoms with van der Waals surface area (Å²) in [6.45, 7) is 6.56. The van der Waals surface area contributed by atoms with Gasteiger partial charge in [0.1, 0.15) is 0 Å². The number of anilines is 2. The molecule has 116 valence electrons. The first-order chi connectivity index (χ1) is 10.2. The van der Waals surface area contributed by atoms with Crippen molar-refractivity contribution in [3.63, 3.8) is 0 Å². The molecule has 0 unspecified atom stereocenters. The van der Waals surface area contributed by atoms with E-state index in [-0.39, 0.29) is 0 Å². The minimum atomic E-state index is 0.342. The van der Waals surface area contributed by atoms with Crippen LogP contribution in [0.3, 0.4) is 0 Å². The minimum Gasteiger partial charge on any atom is -0.397 e. The Kier molecular flexibility index (Phi) is 4.36. The molecule has 0 atom stereocenters. The highest BCUT2D eigenvalue weighted by atomic mass is 16.5. The number of nitrogens with zero attached hydrogens (tertiary/aromatic N) is 1. The molecule has 1 aromatic rings. The molecule has 4 heteroatoms. The number of hydrogen-bond acceptors (Lipinski definition) is 4. The van der Waals surface area contributed by atoms with Crippen molar-refractivity contribution in [3.05, 3.63) is 24.3 Å². The quantitative estimate of drug-likeness (QED) is 0.840. The Bertz CT molecular complexity index is 463. The summed E-state index contributed by atoms with van der Waals surface area (Å²) < 4.78 is 5.52. The highest BCUT2D eigenvalue weighted by molar-refractivity contribution is 5.65. The van der Waals surface area contributed by atoms with Crippen LogP contribution in [0.5, 0.6) is 0 Å². The van der Waals surface area contributed by atoms with Crippen molar-refractivity contribution in [2.75, 3.05) is 37.4 Å². The molecule has 0 bridgehead atoms. The largest absolute Gasteiger partial charge is 0.397 e. The van der Waals surface area contributed by atoms with E-state index < -0.39 is 0 Å². The molecule has 2 heterocycles. The van der Waals surface area contributed by atoms with Crippen LogP contribution in [0.25, 0.3) is 0 Å². The molecule has 0 aromatic heterocycles. The fourth-order valence-electron chi connectivity index (χ4n) is 3.54. The molecule has 4 nitrogen and oxygen atoms in total. The van der Waals surface area contributed by atoms with Crippen molar-refractivity contribution in [3.8, 4) is 0 Å². The first-order valence-corrected chi connectivity index (χ1v) is 8.11. The topological polar surface area (TPSA) is 50.5 Å². The van der Waals surface area contributed by atoms with Gasteiger partial charge in [-0.3, -0.25) is 4.90 Å². The van der Waals surface area contributed by atoms with Crippen molar-refractivity contribution in [1.82, 2.24) is 4.90 Å². The van der Waals surface area contributed by atoms with E-state index in [2.05, 4.69) is 23.2 Å². The summed E-state index contributed by atoms with van der Waals surface area (Å²) in [7, 11) is 0. The zero-order valence-corrected chi connectivity index (χ0v) is 13.0. The maximum Gasteiger partial charge on any atom is 0.0576 e. The minimum absolute atomic E-state index is 0.342. The van der Waals surface area contributed by atoms with Gasteiger partial charge in [0.15, 0.2) is 0 Å². The van der Waals surface area contributed by atoms with Gasteiger partial charge in [0.2, 0.25) is 0 Å². The number of nitrogen functional groups attached to an aromatic ring is 1. The molecule has 21 heavy (non-hydrogen) atoms. The van der Waals surface area contributed by atoms with Crippen LogP contribution in [0.1, 0.15) is 32.6 Å². The van der Waals surface area contributed by atoms with Crippen LogP contribution in [0.15, 0.2) is 24.3 Å². The van der Waals surface area contributed by atoms with Gasteiger partial charge in [-0.05, 0) is 44.7 Å². The van der Waals surface area contributed by atoms with Crippen LogP contribution in [0, 0.1) is 0 Å². The second-order valence-electron chi connectivity index (χ2n) is 6.60. The second-order valence-corrected chi connectivity index (χ2v) is 6.60. The highest BCUT2D eigenvalue weighted by Gasteiger charge is 2.35. The van der Waals surface area contributed by atoms with Crippen molar-refractivity contribution in [1.29, 1.82) is 0 Å². The fourth-order valence-corrected chi connectivity index (χ4v) is 3.54. The lowest BCUT2D eigenvalue weighted by atomic mass is 9.87. The number of benzene rings is 1. The van der Waals surface area contributed by atoms with Gasteiger partial charge in [0.05, 0.1) is 11.4 Å². The molecule has 2 fully saturated rings. The molecular formula is C17H27N3O. The predicted octanol–water partition coefficient (Wildman–Crippen LogP) is 2.71. The van der Waals surface area contributed by atoms with Gasteiger partial charge < -0.3 is 15.8 Å². The van der Waals surface area contributed by atoms with E-state index in [0.29, 0.717) is 11.6 Å². The third-order valence-electron chi connectivity index (χ3n) is 5.15. The molecule has 0 aliphatic carbocycles. The summed E-state index contributed by atoms with van der Waals surface area (Å²) in [6, 6.07) is 8.59. The van der Waals surface area contributed by atoms with E-state index in [1.54, 1.807) is 0 Å². The monoisotopic (exact) mass is 289 g/mol. The van der Waals surface area contributed by atoms with Crippen LogP contribution >= 0.6 is 0 Å². The van der Waals surface area contributed by atoms with Crippen LogP contribution in [0.4, 0.5) is 11.4 Å². The second kappa shape index (κ2) is 6.24. The van der Waals surface area contributed by atoms with Gasteiger partial charge in [0, 0.05) is 37.9 Å². The molecule has 3 N–H and O–H groups in total. The number of nitrogens with one attached hydrogen (secondary N) is 1. The van der Waals surface area contributed by atoms with Crippen molar-refractivity contribution in [2.45, 2.75) is 44.2 Å². The molecule has 0 spiro atoms. The summed E-state index contributed by atoms with van der Waals surface area (Å²) in [5, 5.41) is 3.61. The van der Waals surface area contributed by atoms with Gasteiger partial charge in [-0.1, -0.05) is 12.1 Å². The Balaban J connectivity index is 1.54. The third kappa shape index (κ3) is 3.33.